The fourth-order valence-corrected chi connectivity index (χ4v) is 2.16. The van der Waals surface area contributed by atoms with Gasteiger partial charge in [-0.25, -0.2) is 4.39 Å². The summed E-state index contributed by atoms with van der Waals surface area (Å²) < 4.78 is 51.2. The molecule has 1 aromatic carbocycles. The summed E-state index contributed by atoms with van der Waals surface area (Å²) in [7, 11) is 0. The summed E-state index contributed by atoms with van der Waals surface area (Å²) in [4.78, 5) is 11.8. The largest absolute Gasteiger partial charge is 0.417 e. The fourth-order valence-electron chi connectivity index (χ4n) is 2.16. The van der Waals surface area contributed by atoms with Crippen LogP contribution in [0.3, 0.4) is 0 Å². The van der Waals surface area contributed by atoms with E-state index in [1.165, 1.54) is 12.1 Å². The van der Waals surface area contributed by atoms with E-state index in [4.69, 9.17) is 0 Å². The summed E-state index contributed by atoms with van der Waals surface area (Å²) >= 11 is 0. The molecule has 3 nitrogen and oxygen atoms in total. The smallest absolute Gasteiger partial charge is 0.350 e. The number of hydrogen-bond acceptors (Lipinski definition) is 2. The molecule has 1 aliphatic rings. The third-order valence-corrected chi connectivity index (χ3v) is 3.15. The zero-order valence-corrected chi connectivity index (χ0v) is 10.5. The van der Waals surface area contributed by atoms with Crippen LogP contribution in [0, 0.1) is 0 Å². The van der Waals surface area contributed by atoms with Crippen LogP contribution < -0.4 is 10.6 Å². The second-order valence-corrected chi connectivity index (χ2v) is 4.69. The zero-order chi connectivity index (χ0) is 14.8. The van der Waals surface area contributed by atoms with E-state index in [0.717, 1.165) is 12.1 Å². The maximum Gasteiger partial charge on any atom is 0.417 e. The molecule has 110 valence electrons. The average Bonchev–Trinajstić information content (AvgIpc) is 2.81. The summed E-state index contributed by atoms with van der Waals surface area (Å²) in [5.41, 5.74) is -1.39. The first-order chi connectivity index (χ1) is 9.38. The number of carbonyl (C=O) groups excluding carboxylic acids is 1. The van der Waals surface area contributed by atoms with Gasteiger partial charge in [0.2, 0.25) is 0 Å². The highest BCUT2D eigenvalue weighted by molar-refractivity contribution is 5.95. The molecule has 0 saturated carbocycles. The van der Waals surface area contributed by atoms with Crippen LogP contribution in [-0.4, -0.2) is 31.2 Å². The van der Waals surface area contributed by atoms with Crippen molar-refractivity contribution in [2.45, 2.75) is 24.8 Å². The van der Waals surface area contributed by atoms with E-state index in [1.807, 2.05) is 0 Å². The predicted octanol–water partition coefficient (Wildman–Crippen LogP) is 2.14. The molecule has 2 atom stereocenters. The summed E-state index contributed by atoms with van der Waals surface area (Å²) in [6.07, 6.45) is -5.30. The van der Waals surface area contributed by atoms with E-state index < -0.39 is 29.4 Å². The monoisotopic (exact) mass is 290 g/mol. The van der Waals surface area contributed by atoms with Crippen molar-refractivity contribution in [2.75, 3.05) is 13.1 Å². The normalized spacial score (nSPS) is 22.8. The Hall–Kier alpha value is -1.63. The number of nitrogens with one attached hydrogen (secondary N) is 2. The van der Waals surface area contributed by atoms with Crippen LogP contribution in [-0.2, 0) is 6.18 Å². The summed E-state index contributed by atoms with van der Waals surface area (Å²) in [6.45, 7) is 0.311. The standard InChI is InChI=1S/C13H14F4N2O/c14-8-5-9(18-6-8)7-19-12(20)10-3-1-2-4-11(10)13(15,16)17/h1-4,8-9,18H,5-7H2,(H,19,20)/t8-,9-/m0/s1. The zero-order valence-electron chi connectivity index (χ0n) is 10.5. The number of amides is 1. The van der Waals surface area contributed by atoms with Crippen molar-refractivity contribution in [3.63, 3.8) is 0 Å². The summed E-state index contributed by atoms with van der Waals surface area (Å²) in [6, 6.07) is 4.34. The van der Waals surface area contributed by atoms with Crippen molar-refractivity contribution >= 4 is 5.91 Å². The molecule has 1 heterocycles. The van der Waals surface area contributed by atoms with Gasteiger partial charge in [-0.3, -0.25) is 4.79 Å². The van der Waals surface area contributed by atoms with Gasteiger partial charge in [-0.05, 0) is 18.6 Å². The molecule has 1 fully saturated rings. The van der Waals surface area contributed by atoms with Crippen LogP contribution in [0.1, 0.15) is 22.3 Å². The highest BCUT2D eigenvalue weighted by atomic mass is 19.4. The number of carbonyl (C=O) groups is 1. The predicted molar refractivity (Wildman–Crippen MR) is 65.1 cm³/mol. The van der Waals surface area contributed by atoms with Crippen molar-refractivity contribution < 1.29 is 22.4 Å². The first-order valence-corrected chi connectivity index (χ1v) is 6.20. The molecule has 1 saturated heterocycles. The van der Waals surface area contributed by atoms with Crippen LogP contribution in [0.4, 0.5) is 17.6 Å². The van der Waals surface area contributed by atoms with Gasteiger partial charge in [-0.15, -0.1) is 0 Å². The molecule has 0 spiro atoms. The Morgan fingerprint density at radius 1 is 1.35 bits per heavy atom. The van der Waals surface area contributed by atoms with E-state index in [2.05, 4.69) is 10.6 Å². The Bertz CT molecular complexity index is 490. The van der Waals surface area contributed by atoms with Gasteiger partial charge in [0, 0.05) is 19.1 Å². The third kappa shape index (κ3) is 3.47. The fraction of sp³-hybridized carbons (Fsp3) is 0.462. The Kier molecular flexibility index (Phi) is 4.27. The Labute approximate surface area is 113 Å². The summed E-state index contributed by atoms with van der Waals surface area (Å²) in [5, 5.41) is 5.25. The topological polar surface area (TPSA) is 41.1 Å². The van der Waals surface area contributed by atoms with Gasteiger partial charge in [0.1, 0.15) is 6.17 Å². The van der Waals surface area contributed by atoms with Crippen LogP contribution >= 0.6 is 0 Å². The minimum Gasteiger partial charge on any atom is -0.350 e. The molecule has 1 amide bonds. The quantitative estimate of drug-likeness (QED) is 0.837. The lowest BCUT2D eigenvalue weighted by molar-refractivity contribution is -0.137. The molecule has 2 N–H and O–H groups in total. The van der Waals surface area contributed by atoms with Crippen molar-refractivity contribution in [2.24, 2.45) is 0 Å². The lowest BCUT2D eigenvalue weighted by atomic mass is 10.1. The minimum atomic E-state index is -4.58. The Morgan fingerprint density at radius 3 is 2.65 bits per heavy atom. The number of benzene rings is 1. The van der Waals surface area contributed by atoms with Crippen LogP contribution in [0.25, 0.3) is 0 Å². The molecular weight excluding hydrogens is 276 g/mol. The first-order valence-electron chi connectivity index (χ1n) is 6.20. The van der Waals surface area contributed by atoms with Gasteiger partial charge in [0.05, 0.1) is 11.1 Å². The van der Waals surface area contributed by atoms with E-state index >= 15 is 0 Å². The van der Waals surface area contributed by atoms with Crippen molar-refractivity contribution in [3.05, 3.63) is 35.4 Å². The number of halogens is 4. The maximum absolute atomic E-state index is 12.9. The van der Waals surface area contributed by atoms with Crippen molar-refractivity contribution in [1.29, 1.82) is 0 Å². The van der Waals surface area contributed by atoms with Crippen molar-refractivity contribution in [3.8, 4) is 0 Å². The minimum absolute atomic E-state index is 0.103. The SMILES string of the molecule is O=C(NC[C@@H]1C[C@H](F)CN1)c1ccccc1C(F)(F)F. The van der Waals surface area contributed by atoms with E-state index in [9.17, 15) is 22.4 Å². The van der Waals surface area contributed by atoms with Crippen LogP contribution in [0.2, 0.25) is 0 Å². The van der Waals surface area contributed by atoms with E-state index in [0.29, 0.717) is 0 Å². The molecule has 1 aromatic rings. The molecule has 20 heavy (non-hydrogen) atoms. The van der Waals surface area contributed by atoms with Crippen LogP contribution in [0.15, 0.2) is 24.3 Å². The molecule has 2 rings (SSSR count). The highest BCUT2D eigenvalue weighted by Crippen LogP contribution is 2.31. The van der Waals surface area contributed by atoms with Gasteiger partial charge in [-0.1, -0.05) is 12.1 Å². The lowest BCUT2D eigenvalue weighted by Gasteiger charge is -2.14. The van der Waals surface area contributed by atoms with Gasteiger partial charge in [0.15, 0.2) is 0 Å². The summed E-state index contributed by atoms with van der Waals surface area (Å²) in [5.74, 6) is -0.804. The molecular formula is C13H14F4N2O. The number of alkyl halides is 4. The molecule has 0 aliphatic carbocycles. The molecule has 1 aliphatic heterocycles. The highest BCUT2D eigenvalue weighted by Gasteiger charge is 2.35. The maximum atomic E-state index is 12.9. The first kappa shape index (κ1) is 14.8. The Balaban J connectivity index is 2.02. The number of rotatable bonds is 3. The number of hydrogen-bond donors (Lipinski definition) is 2. The van der Waals surface area contributed by atoms with Crippen molar-refractivity contribution in [1.82, 2.24) is 10.6 Å². The molecule has 0 bridgehead atoms. The van der Waals surface area contributed by atoms with E-state index in [1.54, 1.807) is 0 Å². The second-order valence-electron chi connectivity index (χ2n) is 4.69. The van der Waals surface area contributed by atoms with E-state index in [-0.39, 0.29) is 25.6 Å². The molecule has 0 aromatic heterocycles. The molecule has 0 unspecified atom stereocenters. The van der Waals surface area contributed by atoms with Crippen LogP contribution in [0.5, 0.6) is 0 Å². The van der Waals surface area contributed by atoms with Gasteiger partial charge < -0.3 is 10.6 Å². The van der Waals surface area contributed by atoms with Gasteiger partial charge >= 0.3 is 6.18 Å². The molecule has 7 heteroatoms. The lowest BCUT2D eigenvalue weighted by Crippen LogP contribution is -2.37. The average molecular weight is 290 g/mol. The molecule has 0 radical (unpaired) electrons. The van der Waals surface area contributed by atoms with Gasteiger partial charge in [0.25, 0.3) is 5.91 Å². The Morgan fingerprint density at radius 2 is 2.05 bits per heavy atom. The van der Waals surface area contributed by atoms with Gasteiger partial charge in [-0.2, -0.15) is 13.2 Å². The second kappa shape index (κ2) is 5.78. The third-order valence-electron chi connectivity index (χ3n) is 3.15.